The number of sulfonamides is 1. The van der Waals surface area contributed by atoms with Gasteiger partial charge >= 0.3 is 0 Å². The molecule has 0 amide bonds. The van der Waals surface area contributed by atoms with E-state index in [-0.39, 0.29) is 23.7 Å². The highest BCUT2D eigenvalue weighted by molar-refractivity contribution is 7.89. The van der Waals surface area contributed by atoms with Crippen LogP contribution in [-0.2, 0) is 10.0 Å². The first-order valence-electron chi connectivity index (χ1n) is 7.31. The fourth-order valence-electron chi connectivity index (χ4n) is 2.09. The van der Waals surface area contributed by atoms with Crippen LogP contribution in [0, 0.1) is 17.0 Å². The topological polar surface area (TPSA) is 89.8 Å². The number of ether oxygens (including phenoxy) is 1. The lowest BCUT2D eigenvalue weighted by Crippen LogP contribution is -2.31. The van der Waals surface area contributed by atoms with Crippen LogP contribution in [0.15, 0.2) is 47.4 Å². The summed E-state index contributed by atoms with van der Waals surface area (Å²) in [6.45, 7) is 1.81. The number of nitro groups is 1. The Labute approximate surface area is 151 Å². The zero-order valence-electron chi connectivity index (χ0n) is 13.7. The molecule has 134 valence electrons. The fraction of sp³-hybridized carbons (Fsp3) is 0.250. The van der Waals surface area contributed by atoms with Gasteiger partial charge < -0.3 is 4.74 Å². The second-order valence-corrected chi connectivity index (χ2v) is 7.79. The van der Waals surface area contributed by atoms with Crippen LogP contribution in [0.25, 0.3) is 0 Å². The number of aryl methyl sites for hydroxylation is 1. The Bertz CT molecular complexity index is 869. The molecule has 0 N–H and O–H groups in total. The van der Waals surface area contributed by atoms with E-state index in [2.05, 4.69) is 0 Å². The highest BCUT2D eigenvalue weighted by Gasteiger charge is 2.25. The van der Waals surface area contributed by atoms with E-state index >= 15 is 0 Å². The monoisotopic (exact) mass is 384 g/mol. The van der Waals surface area contributed by atoms with Gasteiger partial charge in [-0.15, -0.1) is 0 Å². The van der Waals surface area contributed by atoms with Gasteiger partial charge in [0, 0.05) is 30.7 Å². The van der Waals surface area contributed by atoms with E-state index in [1.807, 2.05) is 0 Å². The van der Waals surface area contributed by atoms with Crippen molar-refractivity contribution in [3.63, 3.8) is 0 Å². The maximum Gasteiger partial charge on any atom is 0.270 e. The summed E-state index contributed by atoms with van der Waals surface area (Å²) >= 11 is 5.78. The molecule has 0 unspecified atom stereocenters. The van der Waals surface area contributed by atoms with Crippen LogP contribution in [0.2, 0.25) is 5.02 Å². The van der Waals surface area contributed by atoms with Crippen LogP contribution < -0.4 is 4.74 Å². The molecule has 2 aromatic carbocycles. The molecule has 0 heterocycles. The van der Waals surface area contributed by atoms with Crippen molar-refractivity contribution in [1.29, 1.82) is 0 Å². The Kier molecular flexibility index (Phi) is 5.99. The largest absolute Gasteiger partial charge is 0.492 e. The molecule has 9 heteroatoms. The molecular weight excluding hydrogens is 368 g/mol. The van der Waals surface area contributed by atoms with Gasteiger partial charge in [-0.2, -0.15) is 4.31 Å². The van der Waals surface area contributed by atoms with Gasteiger partial charge in [0.2, 0.25) is 10.0 Å². The average Bonchev–Trinajstić information content (AvgIpc) is 2.56. The number of hydrogen-bond acceptors (Lipinski definition) is 5. The van der Waals surface area contributed by atoms with Crippen LogP contribution in [0.5, 0.6) is 5.75 Å². The van der Waals surface area contributed by atoms with E-state index < -0.39 is 14.9 Å². The number of hydrogen-bond donors (Lipinski definition) is 0. The molecule has 0 bridgehead atoms. The van der Waals surface area contributed by atoms with E-state index in [0.29, 0.717) is 16.3 Å². The zero-order chi connectivity index (χ0) is 18.6. The Balaban J connectivity index is 2.09. The standard InChI is InChI=1S/C16H17ClN2O5S/c1-12-3-6-14(19(20)21)11-16(12)25(22,23)18(2)9-10-24-15-7-4-13(17)5-8-15/h3-8,11H,9-10H2,1-2H3. The summed E-state index contributed by atoms with van der Waals surface area (Å²) in [5.74, 6) is 0.571. The van der Waals surface area contributed by atoms with Crippen LogP contribution in [0.1, 0.15) is 5.56 Å². The Morgan fingerprint density at radius 1 is 1.20 bits per heavy atom. The SMILES string of the molecule is Cc1ccc([N+](=O)[O-])cc1S(=O)(=O)N(C)CCOc1ccc(Cl)cc1. The lowest BCUT2D eigenvalue weighted by molar-refractivity contribution is -0.385. The molecule has 2 rings (SSSR count). The van der Waals surface area contributed by atoms with Crippen molar-refractivity contribution >= 4 is 27.3 Å². The summed E-state index contributed by atoms with van der Waals surface area (Å²) < 4.78 is 31.9. The van der Waals surface area contributed by atoms with Gasteiger partial charge in [0.15, 0.2) is 0 Å². The molecule has 0 fully saturated rings. The lowest BCUT2D eigenvalue weighted by atomic mass is 10.2. The first-order chi connectivity index (χ1) is 11.7. The van der Waals surface area contributed by atoms with Crippen molar-refractivity contribution in [2.45, 2.75) is 11.8 Å². The Morgan fingerprint density at radius 2 is 1.84 bits per heavy atom. The second kappa shape index (κ2) is 7.81. The predicted octanol–water partition coefficient (Wildman–Crippen LogP) is 3.26. The number of rotatable bonds is 7. The van der Waals surface area contributed by atoms with Crippen molar-refractivity contribution < 1.29 is 18.1 Å². The lowest BCUT2D eigenvalue weighted by Gasteiger charge is -2.18. The first kappa shape index (κ1) is 19.2. The minimum atomic E-state index is -3.86. The van der Waals surface area contributed by atoms with E-state index in [9.17, 15) is 18.5 Å². The minimum Gasteiger partial charge on any atom is -0.492 e. The van der Waals surface area contributed by atoms with Gasteiger partial charge in [-0.3, -0.25) is 10.1 Å². The van der Waals surface area contributed by atoms with Crippen molar-refractivity contribution in [3.05, 3.63) is 63.2 Å². The summed E-state index contributed by atoms with van der Waals surface area (Å²) in [7, 11) is -2.46. The highest BCUT2D eigenvalue weighted by Crippen LogP contribution is 2.24. The molecule has 0 aliphatic rings. The van der Waals surface area contributed by atoms with Gasteiger partial charge in [-0.1, -0.05) is 17.7 Å². The predicted molar refractivity (Wildman–Crippen MR) is 94.6 cm³/mol. The fourth-order valence-corrected chi connectivity index (χ4v) is 3.61. The number of nitrogens with zero attached hydrogens (tertiary/aromatic N) is 2. The summed E-state index contributed by atoms with van der Waals surface area (Å²) in [6, 6.07) is 10.5. The van der Waals surface area contributed by atoms with Gasteiger partial charge in [-0.25, -0.2) is 8.42 Å². The van der Waals surface area contributed by atoms with Crippen LogP contribution >= 0.6 is 11.6 Å². The van der Waals surface area contributed by atoms with E-state index in [4.69, 9.17) is 16.3 Å². The number of likely N-dealkylation sites (N-methyl/N-ethyl adjacent to an activating group) is 1. The van der Waals surface area contributed by atoms with E-state index in [1.165, 1.54) is 19.2 Å². The number of benzene rings is 2. The molecule has 0 spiro atoms. The molecule has 0 atom stereocenters. The molecule has 0 saturated carbocycles. The third kappa shape index (κ3) is 4.68. The van der Waals surface area contributed by atoms with Crippen LogP contribution in [-0.4, -0.2) is 37.8 Å². The summed E-state index contributed by atoms with van der Waals surface area (Å²) in [5, 5.41) is 11.5. The molecule has 0 aromatic heterocycles. The van der Waals surface area contributed by atoms with Crippen LogP contribution in [0.4, 0.5) is 5.69 Å². The van der Waals surface area contributed by atoms with Crippen molar-refractivity contribution in [2.75, 3.05) is 20.2 Å². The van der Waals surface area contributed by atoms with Crippen molar-refractivity contribution in [3.8, 4) is 5.75 Å². The Morgan fingerprint density at radius 3 is 2.44 bits per heavy atom. The molecule has 0 saturated heterocycles. The molecule has 0 aliphatic heterocycles. The smallest absolute Gasteiger partial charge is 0.270 e. The van der Waals surface area contributed by atoms with Crippen LogP contribution in [0.3, 0.4) is 0 Å². The van der Waals surface area contributed by atoms with Crippen molar-refractivity contribution in [2.24, 2.45) is 0 Å². The number of halogens is 1. The maximum atomic E-state index is 12.6. The molecule has 0 radical (unpaired) electrons. The van der Waals surface area contributed by atoms with Gasteiger partial charge in [0.25, 0.3) is 5.69 Å². The first-order valence-corrected chi connectivity index (χ1v) is 9.13. The molecule has 7 nitrogen and oxygen atoms in total. The number of non-ortho nitro benzene ring substituents is 1. The molecule has 0 aliphatic carbocycles. The quantitative estimate of drug-likeness (QED) is 0.540. The molecule has 2 aromatic rings. The van der Waals surface area contributed by atoms with Gasteiger partial charge in [0.05, 0.1) is 9.82 Å². The van der Waals surface area contributed by atoms with Gasteiger partial charge in [0.1, 0.15) is 12.4 Å². The minimum absolute atomic E-state index is 0.0873. The molecular formula is C16H17ClN2O5S. The second-order valence-electron chi connectivity index (χ2n) is 5.34. The van der Waals surface area contributed by atoms with Crippen molar-refractivity contribution in [1.82, 2.24) is 4.31 Å². The number of nitro benzene ring substituents is 1. The average molecular weight is 385 g/mol. The summed E-state index contributed by atoms with van der Waals surface area (Å²) in [5.41, 5.74) is 0.172. The summed E-state index contributed by atoms with van der Waals surface area (Å²) in [4.78, 5) is 10.2. The summed E-state index contributed by atoms with van der Waals surface area (Å²) in [6.07, 6.45) is 0. The molecule has 25 heavy (non-hydrogen) atoms. The van der Waals surface area contributed by atoms with E-state index in [1.54, 1.807) is 31.2 Å². The van der Waals surface area contributed by atoms with E-state index in [0.717, 1.165) is 10.4 Å². The highest BCUT2D eigenvalue weighted by atomic mass is 35.5. The normalized spacial score (nSPS) is 11.5. The zero-order valence-corrected chi connectivity index (χ0v) is 15.2. The third-order valence-electron chi connectivity index (χ3n) is 3.56. The third-order valence-corrected chi connectivity index (χ3v) is 5.81. The Hall–Kier alpha value is -2.16. The van der Waals surface area contributed by atoms with Gasteiger partial charge in [-0.05, 0) is 36.8 Å². The maximum absolute atomic E-state index is 12.6.